The lowest BCUT2D eigenvalue weighted by Gasteiger charge is -2.24. The number of halogens is 1. The lowest BCUT2D eigenvalue weighted by Crippen LogP contribution is -2.27. The number of aliphatic hydroxyl groups is 1. The van der Waals surface area contributed by atoms with E-state index in [9.17, 15) is 4.79 Å². The van der Waals surface area contributed by atoms with Crippen molar-refractivity contribution in [1.29, 1.82) is 0 Å². The molecular formula is C11H14ClNO2. The van der Waals surface area contributed by atoms with Crippen molar-refractivity contribution in [3.8, 4) is 0 Å². The highest BCUT2D eigenvalue weighted by Gasteiger charge is 2.12. The fourth-order valence-corrected chi connectivity index (χ4v) is 1.81. The van der Waals surface area contributed by atoms with E-state index in [1.807, 2.05) is 11.8 Å². The van der Waals surface area contributed by atoms with Crippen molar-refractivity contribution >= 4 is 23.6 Å². The second-order valence-corrected chi connectivity index (χ2v) is 3.51. The number of para-hydroxylation sites is 1. The Morgan fingerprint density at radius 1 is 1.53 bits per heavy atom. The molecule has 0 amide bonds. The summed E-state index contributed by atoms with van der Waals surface area (Å²) < 4.78 is 0. The summed E-state index contributed by atoms with van der Waals surface area (Å²) in [5, 5.41) is 9.45. The summed E-state index contributed by atoms with van der Waals surface area (Å²) in [4.78, 5) is 12.7. The van der Waals surface area contributed by atoms with Gasteiger partial charge in [-0.1, -0.05) is 17.7 Å². The molecular weight excluding hydrogens is 214 g/mol. The lowest BCUT2D eigenvalue weighted by atomic mass is 10.1. The third-order valence-corrected chi connectivity index (χ3v) is 2.52. The predicted octanol–water partition coefficient (Wildman–Crippen LogP) is 1.97. The van der Waals surface area contributed by atoms with Crippen LogP contribution in [0.4, 0.5) is 5.69 Å². The van der Waals surface area contributed by atoms with Crippen LogP contribution in [0.15, 0.2) is 18.2 Å². The van der Waals surface area contributed by atoms with Gasteiger partial charge in [0.05, 0.1) is 17.3 Å². The molecule has 3 nitrogen and oxygen atoms in total. The van der Waals surface area contributed by atoms with E-state index in [0.717, 1.165) is 6.29 Å². The summed E-state index contributed by atoms with van der Waals surface area (Å²) in [7, 11) is 0. The molecule has 1 aromatic carbocycles. The molecule has 0 spiro atoms. The number of carbonyl (C=O) groups is 1. The molecule has 1 rings (SSSR count). The van der Waals surface area contributed by atoms with Gasteiger partial charge in [0.2, 0.25) is 0 Å². The van der Waals surface area contributed by atoms with Crippen molar-refractivity contribution in [1.82, 2.24) is 0 Å². The second-order valence-electron chi connectivity index (χ2n) is 3.10. The molecule has 0 saturated heterocycles. The monoisotopic (exact) mass is 227 g/mol. The largest absolute Gasteiger partial charge is 0.395 e. The Hall–Kier alpha value is -1.06. The fourth-order valence-electron chi connectivity index (χ4n) is 1.51. The number of carbonyl (C=O) groups excluding carboxylic acids is 1. The van der Waals surface area contributed by atoms with Gasteiger partial charge in [-0.2, -0.15) is 0 Å². The Morgan fingerprint density at radius 3 is 2.80 bits per heavy atom. The topological polar surface area (TPSA) is 40.5 Å². The van der Waals surface area contributed by atoms with E-state index in [1.54, 1.807) is 18.2 Å². The van der Waals surface area contributed by atoms with Crippen molar-refractivity contribution < 1.29 is 9.90 Å². The van der Waals surface area contributed by atoms with E-state index in [1.165, 1.54) is 0 Å². The third-order valence-electron chi connectivity index (χ3n) is 2.21. The molecule has 0 unspecified atom stereocenters. The molecule has 0 aromatic heterocycles. The quantitative estimate of drug-likeness (QED) is 0.782. The first kappa shape index (κ1) is 12.0. The van der Waals surface area contributed by atoms with Crippen LogP contribution in [0, 0.1) is 0 Å². The first-order chi connectivity index (χ1) is 7.24. The molecule has 15 heavy (non-hydrogen) atoms. The van der Waals surface area contributed by atoms with Crippen LogP contribution in [0.5, 0.6) is 0 Å². The van der Waals surface area contributed by atoms with Crippen molar-refractivity contribution in [3.05, 3.63) is 28.8 Å². The number of anilines is 1. The van der Waals surface area contributed by atoms with Crippen molar-refractivity contribution in [2.45, 2.75) is 6.92 Å². The van der Waals surface area contributed by atoms with Gasteiger partial charge in [-0.15, -0.1) is 0 Å². The lowest BCUT2D eigenvalue weighted by molar-refractivity contribution is 0.112. The summed E-state index contributed by atoms with van der Waals surface area (Å²) in [6.45, 7) is 3.16. The fraction of sp³-hybridized carbons (Fsp3) is 0.364. The van der Waals surface area contributed by atoms with Gasteiger partial charge in [-0.3, -0.25) is 4.79 Å². The molecule has 0 saturated carbocycles. The Kier molecular flexibility index (Phi) is 4.59. The summed E-state index contributed by atoms with van der Waals surface area (Å²) in [6.07, 6.45) is 0.779. The van der Waals surface area contributed by atoms with E-state index in [2.05, 4.69) is 0 Å². The van der Waals surface area contributed by atoms with Gasteiger partial charge < -0.3 is 10.0 Å². The van der Waals surface area contributed by atoms with Gasteiger partial charge in [0.15, 0.2) is 6.29 Å². The highest BCUT2D eigenvalue weighted by molar-refractivity contribution is 6.33. The smallest absolute Gasteiger partial charge is 0.152 e. The number of likely N-dealkylation sites (N-methyl/N-ethyl adjacent to an activating group) is 1. The van der Waals surface area contributed by atoms with Crippen LogP contribution in [0.25, 0.3) is 0 Å². The molecule has 0 atom stereocenters. The Balaban J connectivity index is 3.13. The zero-order chi connectivity index (χ0) is 11.3. The van der Waals surface area contributed by atoms with Crippen LogP contribution >= 0.6 is 11.6 Å². The molecule has 0 aliphatic carbocycles. The van der Waals surface area contributed by atoms with Crippen LogP contribution < -0.4 is 4.90 Å². The van der Waals surface area contributed by atoms with E-state index in [0.29, 0.717) is 29.4 Å². The third kappa shape index (κ3) is 2.70. The predicted molar refractivity (Wildman–Crippen MR) is 61.8 cm³/mol. The minimum absolute atomic E-state index is 0.0390. The maximum Gasteiger partial charge on any atom is 0.152 e. The van der Waals surface area contributed by atoms with Crippen LogP contribution in [-0.4, -0.2) is 31.1 Å². The van der Waals surface area contributed by atoms with Crippen molar-refractivity contribution in [2.75, 3.05) is 24.6 Å². The number of benzene rings is 1. The Bertz CT molecular complexity index is 341. The number of nitrogens with zero attached hydrogens (tertiary/aromatic N) is 1. The average Bonchev–Trinajstić information content (AvgIpc) is 2.26. The van der Waals surface area contributed by atoms with Gasteiger partial charge >= 0.3 is 0 Å². The minimum atomic E-state index is 0.0390. The van der Waals surface area contributed by atoms with Crippen molar-refractivity contribution in [2.24, 2.45) is 0 Å². The first-order valence-electron chi connectivity index (χ1n) is 4.84. The van der Waals surface area contributed by atoms with E-state index in [4.69, 9.17) is 16.7 Å². The van der Waals surface area contributed by atoms with Crippen LogP contribution in [-0.2, 0) is 0 Å². The summed E-state index contributed by atoms with van der Waals surface area (Å²) in [6, 6.07) is 5.19. The van der Waals surface area contributed by atoms with Crippen LogP contribution in [0.1, 0.15) is 17.3 Å². The summed E-state index contributed by atoms with van der Waals surface area (Å²) >= 11 is 6.04. The van der Waals surface area contributed by atoms with E-state index >= 15 is 0 Å². The van der Waals surface area contributed by atoms with Gasteiger partial charge in [0.1, 0.15) is 0 Å². The molecule has 0 fully saturated rings. The molecule has 0 radical (unpaired) electrons. The second kappa shape index (κ2) is 5.73. The highest BCUT2D eigenvalue weighted by Crippen LogP contribution is 2.28. The number of aldehydes is 1. The van der Waals surface area contributed by atoms with Crippen LogP contribution in [0.2, 0.25) is 5.02 Å². The SMILES string of the molecule is CCN(CCO)c1c(Cl)cccc1C=O. The van der Waals surface area contributed by atoms with Gasteiger partial charge in [0.25, 0.3) is 0 Å². The van der Waals surface area contributed by atoms with Crippen molar-refractivity contribution in [3.63, 3.8) is 0 Å². The average molecular weight is 228 g/mol. The zero-order valence-corrected chi connectivity index (χ0v) is 9.37. The summed E-state index contributed by atoms with van der Waals surface area (Å²) in [5.41, 5.74) is 1.25. The molecule has 0 aliphatic heterocycles. The highest BCUT2D eigenvalue weighted by atomic mass is 35.5. The Labute approximate surface area is 94.3 Å². The zero-order valence-electron chi connectivity index (χ0n) is 8.61. The molecule has 82 valence electrons. The maximum atomic E-state index is 10.9. The molecule has 0 bridgehead atoms. The summed E-state index contributed by atoms with van der Waals surface area (Å²) in [5.74, 6) is 0. The van der Waals surface area contributed by atoms with E-state index < -0.39 is 0 Å². The first-order valence-corrected chi connectivity index (χ1v) is 5.21. The molecule has 4 heteroatoms. The van der Waals surface area contributed by atoms with Gasteiger partial charge in [-0.25, -0.2) is 0 Å². The minimum Gasteiger partial charge on any atom is -0.395 e. The molecule has 0 heterocycles. The van der Waals surface area contributed by atoms with Crippen LogP contribution in [0.3, 0.4) is 0 Å². The molecule has 1 N–H and O–H groups in total. The normalized spacial score (nSPS) is 10.1. The molecule has 1 aromatic rings. The van der Waals surface area contributed by atoms with Gasteiger partial charge in [-0.05, 0) is 19.1 Å². The molecule has 0 aliphatic rings. The number of hydrogen-bond donors (Lipinski definition) is 1. The van der Waals surface area contributed by atoms with Gasteiger partial charge in [0, 0.05) is 18.7 Å². The number of hydrogen-bond acceptors (Lipinski definition) is 3. The maximum absolute atomic E-state index is 10.9. The van der Waals surface area contributed by atoms with E-state index in [-0.39, 0.29) is 6.61 Å². The standard InChI is InChI=1S/C11H14ClNO2/c1-2-13(6-7-14)11-9(8-15)4-3-5-10(11)12/h3-5,8,14H,2,6-7H2,1H3. The Morgan fingerprint density at radius 2 is 2.27 bits per heavy atom. The number of aliphatic hydroxyl groups excluding tert-OH is 1. The number of rotatable bonds is 5.